The largest absolute Gasteiger partial charge is 0.394 e. The Morgan fingerprint density at radius 1 is 1.25 bits per heavy atom. The minimum Gasteiger partial charge on any atom is -0.394 e. The number of aliphatic hydroxyl groups is 1. The number of hydrogen-bond donors (Lipinski definition) is 2. The summed E-state index contributed by atoms with van der Waals surface area (Å²) in [5.41, 5.74) is 1.20. The van der Waals surface area contributed by atoms with Crippen molar-refractivity contribution in [3.63, 3.8) is 0 Å². The molecule has 20 heavy (non-hydrogen) atoms. The van der Waals surface area contributed by atoms with Gasteiger partial charge in [0.05, 0.1) is 25.0 Å². The number of benzene rings is 1. The molecular weight excluding hydrogens is 278 g/mol. The second-order valence-electron chi connectivity index (χ2n) is 4.27. The van der Waals surface area contributed by atoms with Gasteiger partial charge in [0, 0.05) is 0 Å². The third kappa shape index (κ3) is 4.01. The molecule has 0 aliphatic rings. The maximum absolute atomic E-state index is 11.9. The van der Waals surface area contributed by atoms with Crippen molar-refractivity contribution >= 4 is 17.5 Å². The van der Waals surface area contributed by atoms with Gasteiger partial charge < -0.3 is 10.4 Å². The van der Waals surface area contributed by atoms with Gasteiger partial charge in [0.15, 0.2) is 0 Å². The lowest BCUT2D eigenvalue weighted by atomic mass is 10.1. The summed E-state index contributed by atoms with van der Waals surface area (Å²) in [6.45, 7) is -0.151. The molecule has 2 N–H and O–H groups in total. The van der Waals surface area contributed by atoms with Crippen molar-refractivity contribution in [2.24, 2.45) is 0 Å². The van der Waals surface area contributed by atoms with E-state index in [-0.39, 0.29) is 29.4 Å². The summed E-state index contributed by atoms with van der Waals surface area (Å²) in [5.74, 6) is -0.385. The van der Waals surface area contributed by atoms with Gasteiger partial charge >= 0.3 is 0 Å². The van der Waals surface area contributed by atoms with Crippen LogP contribution in [0.15, 0.2) is 42.7 Å². The van der Waals surface area contributed by atoms with E-state index in [0.717, 1.165) is 5.56 Å². The Hall–Kier alpha value is -1.98. The smallest absolute Gasteiger partial charge is 0.271 e. The average molecular weight is 292 g/mol. The molecule has 0 radical (unpaired) electrons. The van der Waals surface area contributed by atoms with E-state index in [1.165, 1.54) is 12.4 Å². The molecule has 2 rings (SSSR count). The van der Waals surface area contributed by atoms with E-state index < -0.39 is 0 Å². The highest BCUT2D eigenvalue weighted by molar-refractivity contribution is 6.29. The fraction of sp³-hybridized carbons (Fsp3) is 0.214. The molecule has 0 saturated carbocycles. The highest BCUT2D eigenvalue weighted by Crippen LogP contribution is 2.05. The first-order valence-corrected chi connectivity index (χ1v) is 6.50. The lowest BCUT2D eigenvalue weighted by Crippen LogP contribution is -2.39. The van der Waals surface area contributed by atoms with Crippen LogP contribution in [0.2, 0.25) is 5.15 Å². The molecule has 2 aromatic rings. The quantitative estimate of drug-likeness (QED) is 0.874. The van der Waals surface area contributed by atoms with Gasteiger partial charge in [-0.15, -0.1) is 0 Å². The van der Waals surface area contributed by atoms with Crippen LogP contribution in [0.1, 0.15) is 16.1 Å². The number of carbonyl (C=O) groups is 1. The second kappa shape index (κ2) is 6.98. The lowest BCUT2D eigenvalue weighted by Gasteiger charge is -2.16. The maximum atomic E-state index is 11.9. The molecule has 6 heteroatoms. The van der Waals surface area contributed by atoms with E-state index in [1.807, 2.05) is 30.3 Å². The minimum atomic E-state index is -0.385. The van der Waals surface area contributed by atoms with Crippen LogP contribution >= 0.6 is 11.6 Å². The molecule has 0 bridgehead atoms. The fourth-order valence-corrected chi connectivity index (χ4v) is 1.85. The monoisotopic (exact) mass is 291 g/mol. The molecule has 5 nitrogen and oxygen atoms in total. The van der Waals surface area contributed by atoms with E-state index in [2.05, 4.69) is 15.3 Å². The molecule has 1 heterocycles. The van der Waals surface area contributed by atoms with Crippen LogP contribution in [0.4, 0.5) is 0 Å². The Kier molecular flexibility index (Phi) is 5.03. The first-order chi connectivity index (χ1) is 9.69. The maximum Gasteiger partial charge on any atom is 0.271 e. The van der Waals surface area contributed by atoms with Crippen LogP contribution in [0.3, 0.4) is 0 Å². The first kappa shape index (κ1) is 14.4. The van der Waals surface area contributed by atoms with Gasteiger partial charge in [-0.25, -0.2) is 9.97 Å². The van der Waals surface area contributed by atoms with Crippen LogP contribution in [0, 0.1) is 0 Å². The summed E-state index contributed by atoms with van der Waals surface area (Å²) < 4.78 is 0. The second-order valence-corrected chi connectivity index (χ2v) is 4.65. The summed E-state index contributed by atoms with van der Waals surface area (Å²) in [6, 6.07) is 9.25. The third-order valence-corrected chi connectivity index (χ3v) is 2.93. The van der Waals surface area contributed by atoms with Crippen molar-refractivity contribution in [1.29, 1.82) is 0 Å². The Morgan fingerprint density at radius 3 is 2.60 bits per heavy atom. The zero-order valence-corrected chi connectivity index (χ0v) is 11.4. The topological polar surface area (TPSA) is 75.1 Å². The minimum absolute atomic E-state index is 0.151. The molecule has 1 unspecified atom stereocenters. The van der Waals surface area contributed by atoms with Crippen molar-refractivity contribution < 1.29 is 9.90 Å². The Balaban J connectivity index is 1.99. The van der Waals surface area contributed by atoms with Gasteiger partial charge in [-0.05, 0) is 12.0 Å². The van der Waals surface area contributed by atoms with Crippen LogP contribution < -0.4 is 5.32 Å². The molecule has 0 aliphatic carbocycles. The van der Waals surface area contributed by atoms with Gasteiger partial charge in [-0.1, -0.05) is 41.9 Å². The van der Waals surface area contributed by atoms with Crippen molar-refractivity contribution in [1.82, 2.24) is 15.3 Å². The average Bonchev–Trinajstić information content (AvgIpc) is 2.48. The molecule has 1 aromatic heterocycles. The SMILES string of the molecule is O=C(NC(CO)Cc1ccccc1)c1cnc(Cl)cn1. The third-order valence-electron chi connectivity index (χ3n) is 2.73. The number of rotatable bonds is 5. The van der Waals surface area contributed by atoms with Crippen LogP contribution in [0.5, 0.6) is 0 Å². The molecular formula is C14H14ClN3O2. The fourth-order valence-electron chi connectivity index (χ4n) is 1.75. The van der Waals surface area contributed by atoms with E-state index >= 15 is 0 Å². The van der Waals surface area contributed by atoms with Crippen molar-refractivity contribution in [3.8, 4) is 0 Å². The van der Waals surface area contributed by atoms with Crippen molar-refractivity contribution in [2.45, 2.75) is 12.5 Å². The first-order valence-electron chi connectivity index (χ1n) is 6.12. The van der Waals surface area contributed by atoms with E-state index in [9.17, 15) is 9.90 Å². The summed E-state index contributed by atoms with van der Waals surface area (Å²) in [7, 11) is 0. The Labute approximate surface area is 121 Å². The molecule has 1 aromatic carbocycles. The molecule has 104 valence electrons. The highest BCUT2D eigenvalue weighted by Gasteiger charge is 2.14. The molecule has 0 spiro atoms. The van der Waals surface area contributed by atoms with E-state index in [0.29, 0.717) is 6.42 Å². The highest BCUT2D eigenvalue weighted by atomic mass is 35.5. The molecule has 1 atom stereocenters. The number of carbonyl (C=O) groups excluding carboxylic acids is 1. The predicted octanol–water partition coefficient (Wildman–Crippen LogP) is 1.46. The molecule has 0 aliphatic heterocycles. The number of amides is 1. The van der Waals surface area contributed by atoms with Gasteiger partial charge in [-0.3, -0.25) is 4.79 Å². The number of aromatic nitrogens is 2. The number of hydrogen-bond acceptors (Lipinski definition) is 4. The lowest BCUT2D eigenvalue weighted by molar-refractivity contribution is 0.0911. The van der Waals surface area contributed by atoms with Crippen molar-refractivity contribution in [3.05, 3.63) is 59.1 Å². The molecule has 1 amide bonds. The summed E-state index contributed by atoms with van der Waals surface area (Å²) in [6.07, 6.45) is 3.15. The number of nitrogens with one attached hydrogen (secondary N) is 1. The summed E-state index contributed by atoms with van der Waals surface area (Å²) in [5, 5.41) is 12.3. The molecule has 0 saturated heterocycles. The number of nitrogens with zero attached hydrogens (tertiary/aromatic N) is 2. The van der Waals surface area contributed by atoms with Crippen LogP contribution in [0.25, 0.3) is 0 Å². The van der Waals surface area contributed by atoms with Gasteiger partial charge in [0.25, 0.3) is 5.91 Å². The van der Waals surface area contributed by atoms with Crippen molar-refractivity contribution in [2.75, 3.05) is 6.61 Å². The summed E-state index contributed by atoms with van der Waals surface area (Å²) in [4.78, 5) is 19.6. The number of halogens is 1. The molecule has 0 fully saturated rings. The van der Waals surface area contributed by atoms with Crippen LogP contribution in [-0.4, -0.2) is 33.6 Å². The van der Waals surface area contributed by atoms with Gasteiger partial charge in [0.2, 0.25) is 0 Å². The van der Waals surface area contributed by atoms with E-state index in [4.69, 9.17) is 11.6 Å². The van der Waals surface area contributed by atoms with Crippen LogP contribution in [-0.2, 0) is 6.42 Å². The van der Waals surface area contributed by atoms with Gasteiger partial charge in [0.1, 0.15) is 10.8 Å². The Morgan fingerprint density at radius 2 is 2.00 bits per heavy atom. The Bertz CT molecular complexity index is 560. The normalized spacial score (nSPS) is 11.9. The zero-order valence-electron chi connectivity index (χ0n) is 10.7. The van der Waals surface area contributed by atoms with Gasteiger partial charge in [-0.2, -0.15) is 0 Å². The zero-order chi connectivity index (χ0) is 14.4. The van der Waals surface area contributed by atoms with E-state index in [1.54, 1.807) is 0 Å². The predicted molar refractivity (Wildman–Crippen MR) is 75.5 cm³/mol. The summed E-state index contributed by atoms with van der Waals surface area (Å²) >= 11 is 5.61. The number of aliphatic hydroxyl groups excluding tert-OH is 1. The standard InChI is InChI=1S/C14H14ClN3O2/c15-13-8-16-12(7-17-13)14(20)18-11(9-19)6-10-4-2-1-3-5-10/h1-5,7-8,11,19H,6,9H2,(H,18,20).